The summed E-state index contributed by atoms with van der Waals surface area (Å²) in [5.41, 5.74) is 3.62. The normalized spacial score (nSPS) is 36.2. The van der Waals surface area contributed by atoms with Crippen LogP contribution in [0.15, 0.2) is 42.5 Å². The molecule has 1 aromatic carbocycles. The summed E-state index contributed by atoms with van der Waals surface area (Å²) in [6, 6.07) is 8.42. The molecule has 0 aliphatic heterocycles. The fourth-order valence-corrected chi connectivity index (χ4v) is 3.44. The van der Waals surface area contributed by atoms with E-state index in [0.29, 0.717) is 17.8 Å². The number of nitriles is 1. The maximum atomic E-state index is 8.96. The van der Waals surface area contributed by atoms with E-state index in [-0.39, 0.29) is 0 Å². The number of hydrogen-bond acceptors (Lipinski definition) is 1. The topological polar surface area (TPSA) is 23.8 Å². The van der Waals surface area contributed by atoms with Crippen LogP contribution in [0.2, 0.25) is 0 Å². The minimum atomic E-state index is 0.517. The average Bonchev–Trinajstić information content (AvgIpc) is 2.29. The Balaban J connectivity index is 1.95. The largest absolute Gasteiger partial charge is 0.192 e. The van der Waals surface area contributed by atoms with Crippen LogP contribution in [-0.2, 0) is 0 Å². The monoisotopic (exact) mass is 205 g/mol. The summed E-state index contributed by atoms with van der Waals surface area (Å²) in [7, 11) is 0. The standard InChI is InChI=1S/C15H11N/c16-8-9-1-2-13-11-5-6-14(15(13)7-9)12-4-3-10(11)12/h1-7,10-12,14H/t10-,11-,12+,14-/m1/s1. The quantitative estimate of drug-likeness (QED) is 0.597. The van der Waals surface area contributed by atoms with Crippen molar-refractivity contribution in [3.05, 3.63) is 59.2 Å². The third kappa shape index (κ3) is 0.818. The molecular weight excluding hydrogens is 194 g/mol. The van der Waals surface area contributed by atoms with E-state index >= 15 is 0 Å². The van der Waals surface area contributed by atoms with E-state index in [2.05, 4.69) is 42.5 Å². The third-order valence-corrected chi connectivity index (χ3v) is 4.29. The Bertz CT molecular complexity index is 574. The van der Waals surface area contributed by atoms with Crippen molar-refractivity contribution >= 4 is 0 Å². The summed E-state index contributed by atoms with van der Waals surface area (Å²) in [5.74, 6) is 2.48. The third-order valence-electron chi connectivity index (χ3n) is 4.29. The molecule has 0 amide bonds. The van der Waals surface area contributed by atoms with E-state index in [9.17, 15) is 0 Å². The van der Waals surface area contributed by atoms with E-state index < -0.39 is 0 Å². The highest BCUT2D eigenvalue weighted by Crippen LogP contribution is 2.56. The van der Waals surface area contributed by atoms with Crippen LogP contribution in [-0.4, -0.2) is 0 Å². The summed E-state index contributed by atoms with van der Waals surface area (Å²) >= 11 is 0. The van der Waals surface area contributed by atoms with Gasteiger partial charge in [0.05, 0.1) is 11.6 Å². The van der Waals surface area contributed by atoms with Crippen molar-refractivity contribution in [3.8, 4) is 6.07 Å². The second kappa shape index (κ2) is 2.65. The van der Waals surface area contributed by atoms with Gasteiger partial charge >= 0.3 is 0 Å². The van der Waals surface area contributed by atoms with Crippen LogP contribution in [0.5, 0.6) is 0 Å². The summed E-state index contributed by atoms with van der Waals surface area (Å²) in [6.45, 7) is 0. The van der Waals surface area contributed by atoms with Gasteiger partial charge in [-0.05, 0) is 35.1 Å². The zero-order chi connectivity index (χ0) is 10.7. The average molecular weight is 205 g/mol. The maximum absolute atomic E-state index is 8.96. The lowest BCUT2D eigenvalue weighted by atomic mass is 9.55. The van der Waals surface area contributed by atoms with Gasteiger partial charge < -0.3 is 0 Å². The minimum Gasteiger partial charge on any atom is -0.192 e. The molecule has 5 rings (SSSR count). The molecule has 0 saturated carbocycles. The SMILES string of the molecule is N#Cc1ccc2c(c1)[C@@H]1C=C[C@@H]2[C@H]2C=C[C@@H]21. The summed E-state index contributed by atoms with van der Waals surface area (Å²) in [6.07, 6.45) is 9.35. The predicted molar refractivity (Wildman–Crippen MR) is 61.9 cm³/mol. The van der Waals surface area contributed by atoms with Crippen LogP contribution in [0, 0.1) is 23.2 Å². The Morgan fingerprint density at radius 1 is 0.875 bits per heavy atom. The molecule has 0 saturated heterocycles. The van der Waals surface area contributed by atoms with Gasteiger partial charge in [-0.15, -0.1) is 0 Å². The molecule has 0 heterocycles. The molecule has 1 nitrogen and oxygen atoms in total. The second-order valence-corrected chi connectivity index (χ2v) is 4.93. The molecule has 2 bridgehead atoms. The first kappa shape index (κ1) is 8.35. The first-order chi connectivity index (χ1) is 7.88. The number of hydrogen-bond donors (Lipinski definition) is 0. The Morgan fingerprint density at radius 3 is 2.19 bits per heavy atom. The lowest BCUT2D eigenvalue weighted by Crippen LogP contribution is -2.37. The second-order valence-electron chi connectivity index (χ2n) is 4.93. The molecular formula is C15H11N. The van der Waals surface area contributed by atoms with Crippen LogP contribution in [0.1, 0.15) is 28.5 Å². The van der Waals surface area contributed by atoms with Crippen molar-refractivity contribution in [2.45, 2.75) is 11.8 Å². The maximum Gasteiger partial charge on any atom is 0.0991 e. The lowest BCUT2D eigenvalue weighted by molar-refractivity contribution is 0.317. The molecule has 0 fully saturated rings. The van der Waals surface area contributed by atoms with E-state index in [1.165, 1.54) is 11.1 Å². The number of allylic oxidation sites excluding steroid dienone is 4. The zero-order valence-electron chi connectivity index (χ0n) is 8.80. The number of nitrogens with zero attached hydrogens (tertiary/aromatic N) is 1. The highest BCUT2D eigenvalue weighted by Gasteiger charge is 2.45. The van der Waals surface area contributed by atoms with E-state index in [4.69, 9.17) is 5.26 Å². The summed E-state index contributed by atoms with van der Waals surface area (Å²) < 4.78 is 0. The Hall–Kier alpha value is -1.81. The molecule has 16 heavy (non-hydrogen) atoms. The molecule has 1 heteroatoms. The first-order valence-corrected chi connectivity index (χ1v) is 5.79. The number of benzene rings is 1. The van der Waals surface area contributed by atoms with Crippen molar-refractivity contribution in [3.63, 3.8) is 0 Å². The van der Waals surface area contributed by atoms with Gasteiger partial charge in [-0.2, -0.15) is 5.26 Å². The van der Waals surface area contributed by atoms with Crippen LogP contribution >= 0.6 is 0 Å². The molecule has 1 aromatic rings. The lowest BCUT2D eigenvalue weighted by Gasteiger charge is -2.48. The van der Waals surface area contributed by atoms with Gasteiger partial charge in [0.1, 0.15) is 0 Å². The molecule has 0 N–H and O–H groups in total. The van der Waals surface area contributed by atoms with Gasteiger partial charge in [-0.25, -0.2) is 0 Å². The van der Waals surface area contributed by atoms with Gasteiger partial charge in [-0.3, -0.25) is 0 Å². The Morgan fingerprint density at radius 2 is 1.56 bits per heavy atom. The molecule has 76 valence electrons. The van der Waals surface area contributed by atoms with Crippen molar-refractivity contribution in [1.82, 2.24) is 0 Å². The van der Waals surface area contributed by atoms with Crippen LogP contribution in [0.25, 0.3) is 0 Å². The highest BCUT2D eigenvalue weighted by atomic mass is 14.5. The predicted octanol–water partition coefficient (Wildman–Crippen LogP) is 3.11. The van der Waals surface area contributed by atoms with Crippen LogP contribution in [0.4, 0.5) is 0 Å². The molecule has 4 aliphatic carbocycles. The van der Waals surface area contributed by atoms with E-state index in [1.54, 1.807) is 0 Å². The minimum absolute atomic E-state index is 0.517. The van der Waals surface area contributed by atoms with Gasteiger partial charge in [0, 0.05) is 11.8 Å². The van der Waals surface area contributed by atoms with Crippen LogP contribution < -0.4 is 0 Å². The summed E-state index contributed by atoms with van der Waals surface area (Å²) in [4.78, 5) is 0. The van der Waals surface area contributed by atoms with Gasteiger partial charge in [0.25, 0.3) is 0 Å². The molecule has 0 radical (unpaired) electrons. The smallest absolute Gasteiger partial charge is 0.0991 e. The Kier molecular flexibility index (Phi) is 1.38. The summed E-state index contributed by atoms with van der Waals surface area (Å²) in [5, 5.41) is 8.96. The molecule has 4 atom stereocenters. The molecule has 0 aromatic heterocycles. The van der Waals surface area contributed by atoms with Crippen molar-refractivity contribution in [1.29, 1.82) is 5.26 Å². The van der Waals surface area contributed by atoms with Gasteiger partial charge in [-0.1, -0.05) is 30.4 Å². The van der Waals surface area contributed by atoms with Gasteiger partial charge in [0.15, 0.2) is 0 Å². The fourth-order valence-electron chi connectivity index (χ4n) is 3.44. The molecule has 4 aliphatic rings. The van der Waals surface area contributed by atoms with E-state index in [0.717, 1.165) is 11.5 Å². The van der Waals surface area contributed by atoms with Crippen molar-refractivity contribution < 1.29 is 0 Å². The van der Waals surface area contributed by atoms with Gasteiger partial charge in [0.2, 0.25) is 0 Å². The van der Waals surface area contributed by atoms with Crippen molar-refractivity contribution in [2.24, 2.45) is 11.8 Å². The Labute approximate surface area is 94.7 Å². The molecule has 0 spiro atoms. The first-order valence-electron chi connectivity index (χ1n) is 5.79. The highest BCUT2D eigenvalue weighted by molar-refractivity contribution is 5.53. The number of rotatable bonds is 0. The molecule has 0 unspecified atom stereocenters. The van der Waals surface area contributed by atoms with E-state index in [1.807, 2.05) is 6.07 Å². The van der Waals surface area contributed by atoms with Crippen LogP contribution in [0.3, 0.4) is 0 Å². The zero-order valence-corrected chi connectivity index (χ0v) is 8.80. The van der Waals surface area contributed by atoms with Crippen molar-refractivity contribution in [2.75, 3.05) is 0 Å². The fraction of sp³-hybridized carbons (Fsp3) is 0.267.